The monoisotopic (exact) mass is 332 g/mol. The van der Waals surface area contributed by atoms with Crippen LogP contribution < -0.4 is 5.48 Å². The highest BCUT2D eigenvalue weighted by Gasteiger charge is 2.19. The van der Waals surface area contributed by atoms with Gasteiger partial charge in [0.1, 0.15) is 4.88 Å². The van der Waals surface area contributed by atoms with Gasteiger partial charge < -0.3 is 4.74 Å². The molecule has 3 rings (SSSR count). The number of carbonyl (C=O) groups excluding carboxylic acids is 1. The van der Waals surface area contributed by atoms with Gasteiger partial charge in [0.25, 0.3) is 5.91 Å². The van der Waals surface area contributed by atoms with Gasteiger partial charge in [0, 0.05) is 19.4 Å². The van der Waals surface area contributed by atoms with Crippen molar-refractivity contribution in [3.63, 3.8) is 0 Å². The number of hydrogen-bond acceptors (Lipinski definition) is 5. The first-order valence-corrected chi connectivity index (χ1v) is 8.62. The predicted octanol–water partition coefficient (Wildman–Crippen LogP) is 3.23. The fourth-order valence-electron chi connectivity index (χ4n) is 2.48. The standard InChI is InChI=1S/C17H20N2O3S/c1-12-16(17(20)19-22-15-9-5-6-10-21-15)23-14(18-12)11-13-7-3-2-4-8-13/h2-4,7-8,15H,5-6,9-11H2,1H3,(H,19,20)/t15-/m0/s1. The molecule has 1 amide bonds. The highest BCUT2D eigenvalue weighted by Crippen LogP contribution is 2.21. The zero-order valence-electron chi connectivity index (χ0n) is 13.1. The Hall–Kier alpha value is -1.76. The van der Waals surface area contributed by atoms with Gasteiger partial charge in [-0.25, -0.2) is 15.3 Å². The van der Waals surface area contributed by atoms with Crippen molar-refractivity contribution in [2.24, 2.45) is 0 Å². The summed E-state index contributed by atoms with van der Waals surface area (Å²) < 4.78 is 5.43. The second kappa shape index (κ2) is 7.68. The summed E-state index contributed by atoms with van der Waals surface area (Å²) in [6.07, 6.45) is 3.30. The van der Waals surface area contributed by atoms with E-state index in [2.05, 4.69) is 22.6 Å². The van der Waals surface area contributed by atoms with Gasteiger partial charge in [0.2, 0.25) is 0 Å². The van der Waals surface area contributed by atoms with E-state index in [0.29, 0.717) is 11.5 Å². The van der Waals surface area contributed by atoms with E-state index in [1.165, 1.54) is 16.9 Å². The fraction of sp³-hybridized carbons (Fsp3) is 0.412. The van der Waals surface area contributed by atoms with Gasteiger partial charge in [-0.05, 0) is 25.3 Å². The molecule has 2 heterocycles. The lowest BCUT2D eigenvalue weighted by Crippen LogP contribution is -2.33. The van der Waals surface area contributed by atoms with E-state index in [1.54, 1.807) is 0 Å². The normalized spacial score (nSPS) is 17.9. The van der Waals surface area contributed by atoms with Gasteiger partial charge in [0.15, 0.2) is 6.29 Å². The average Bonchev–Trinajstić information content (AvgIpc) is 2.95. The largest absolute Gasteiger partial charge is 0.350 e. The molecule has 1 saturated heterocycles. The molecule has 2 aromatic rings. The summed E-state index contributed by atoms with van der Waals surface area (Å²) in [5, 5.41) is 0.924. The molecule has 0 spiro atoms. The second-order valence-electron chi connectivity index (χ2n) is 5.53. The number of aryl methyl sites for hydroxylation is 1. The van der Waals surface area contributed by atoms with E-state index >= 15 is 0 Å². The minimum atomic E-state index is -0.343. The zero-order chi connectivity index (χ0) is 16.1. The summed E-state index contributed by atoms with van der Waals surface area (Å²) in [5.41, 5.74) is 4.40. The molecule has 0 saturated carbocycles. The first-order chi connectivity index (χ1) is 11.2. The molecule has 122 valence electrons. The maximum absolute atomic E-state index is 12.3. The highest BCUT2D eigenvalue weighted by molar-refractivity contribution is 7.13. The van der Waals surface area contributed by atoms with E-state index in [4.69, 9.17) is 9.57 Å². The average molecular weight is 332 g/mol. The molecule has 1 aliphatic rings. The molecule has 1 aromatic carbocycles. The van der Waals surface area contributed by atoms with Crippen LogP contribution in [0.2, 0.25) is 0 Å². The summed E-state index contributed by atoms with van der Waals surface area (Å²) in [4.78, 5) is 22.7. The third-order valence-corrected chi connectivity index (χ3v) is 4.82. The van der Waals surface area contributed by atoms with Crippen molar-refractivity contribution in [1.29, 1.82) is 0 Å². The van der Waals surface area contributed by atoms with Crippen LogP contribution in [0, 0.1) is 6.92 Å². The van der Waals surface area contributed by atoms with Crippen molar-refractivity contribution in [1.82, 2.24) is 10.5 Å². The molecule has 23 heavy (non-hydrogen) atoms. The molecule has 0 unspecified atom stereocenters. The number of thiazole rings is 1. The molecule has 5 nitrogen and oxygen atoms in total. The highest BCUT2D eigenvalue weighted by atomic mass is 32.1. The van der Waals surface area contributed by atoms with Gasteiger partial charge >= 0.3 is 0 Å². The van der Waals surface area contributed by atoms with Crippen LogP contribution >= 0.6 is 11.3 Å². The van der Waals surface area contributed by atoms with Crippen molar-refractivity contribution in [3.8, 4) is 0 Å². The molecule has 1 aliphatic heterocycles. The smallest absolute Gasteiger partial charge is 0.286 e. The lowest BCUT2D eigenvalue weighted by Gasteiger charge is -2.21. The summed E-state index contributed by atoms with van der Waals surface area (Å²) in [6, 6.07) is 10.1. The molecular weight excluding hydrogens is 312 g/mol. The number of ether oxygens (including phenoxy) is 1. The Morgan fingerprint density at radius 3 is 2.96 bits per heavy atom. The lowest BCUT2D eigenvalue weighted by molar-refractivity contribution is -0.186. The molecular formula is C17H20N2O3S. The maximum Gasteiger partial charge on any atom is 0.286 e. The number of nitrogens with zero attached hydrogens (tertiary/aromatic N) is 1. The number of aromatic nitrogens is 1. The van der Waals surface area contributed by atoms with Gasteiger partial charge in [-0.1, -0.05) is 30.3 Å². The van der Waals surface area contributed by atoms with Crippen molar-refractivity contribution in [2.45, 2.75) is 38.9 Å². The van der Waals surface area contributed by atoms with E-state index in [0.717, 1.165) is 36.4 Å². The maximum atomic E-state index is 12.3. The van der Waals surface area contributed by atoms with Gasteiger partial charge in [-0.3, -0.25) is 4.79 Å². The van der Waals surface area contributed by atoms with Crippen LogP contribution in [0.3, 0.4) is 0 Å². The quantitative estimate of drug-likeness (QED) is 0.854. The summed E-state index contributed by atoms with van der Waals surface area (Å²) in [5.74, 6) is -0.256. The number of carbonyl (C=O) groups is 1. The molecule has 0 radical (unpaired) electrons. The molecule has 1 N–H and O–H groups in total. The van der Waals surface area contributed by atoms with Crippen LogP contribution in [0.15, 0.2) is 30.3 Å². The summed E-state index contributed by atoms with van der Waals surface area (Å²) in [6.45, 7) is 2.53. The number of benzene rings is 1. The third-order valence-electron chi connectivity index (χ3n) is 3.67. The van der Waals surface area contributed by atoms with E-state index in [1.807, 2.05) is 25.1 Å². The number of amides is 1. The van der Waals surface area contributed by atoms with Crippen molar-refractivity contribution >= 4 is 17.2 Å². The van der Waals surface area contributed by atoms with E-state index in [9.17, 15) is 4.79 Å². The van der Waals surface area contributed by atoms with Crippen molar-refractivity contribution in [2.75, 3.05) is 6.61 Å². The number of hydroxylamine groups is 1. The number of rotatable bonds is 5. The topological polar surface area (TPSA) is 60.5 Å². The second-order valence-corrected chi connectivity index (χ2v) is 6.61. The molecule has 0 bridgehead atoms. The summed E-state index contributed by atoms with van der Waals surface area (Å²) in [7, 11) is 0. The molecule has 1 atom stereocenters. The minimum Gasteiger partial charge on any atom is -0.350 e. The van der Waals surface area contributed by atoms with Gasteiger partial charge in [0.05, 0.1) is 10.7 Å². The Morgan fingerprint density at radius 2 is 2.22 bits per heavy atom. The van der Waals surface area contributed by atoms with Gasteiger partial charge in [-0.15, -0.1) is 11.3 Å². The van der Waals surface area contributed by atoms with Crippen LogP contribution in [0.4, 0.5) is 0 Å². The van der Waals surface area contributed by atoms with E-state index in [-0.39, 0.29) is 12.2 Å². The predicted molar refractivity (Wildman–Crippen MR) is 88.2 cm³/mol. The first-order valence-electron chi connectivity index (χ1n) is 7.80. The minimum absolute atomic E-state index is 0.256. The van der Waals surface area contributed by atoms with Gasteiger partial charge in [-0.2, -0.15) is 0 Å². The Morgan fingerprint density at radius 1 is 1.39 bits per heavy atom. The SMILES string of the molecule is Cc1nc(Cc2ccccc2)sc1C(=O)NO[C@H]1CCCCO1. The molecule has 0 aliphatic carbocycles. The molecule has 1 fully saturated rings. The first kappa shape index (κ1) is 16.1. The number of nitrogens with one attached hydrogen (secondary N) is 1. The van der Waals surface area contributed by atoms with Crippen molar-refractivity contribution < 1.29 is 14.4 Å². The molecule has 6 heteroatoms. The van der Waals surface area contributed by atoms with Crippen LogP contribution in [0.5, 0.6) is 0 Å². The Balaban J connectivity index is 1.59. The van der Waals surface area contributed by atoms with Crippen LogP contribution in [-0.2, 0) is 16.0 Å². The lowest BCUT2D eigenvalue weighted by atomic mass is 10.2. The molecule has 1 aromatic heterocycles. The number of hydrogen-bond donors (Lipinski definition) is 1. The summed E-state index contributed by atoms with van der Waals surface area (Å²) >= 11 is 1.41. The van der Waals surface area contributed by atoms with E-state index < -0.39 is 0 Å². The van der Waals surface area contributed by atoms with Crippen LogP contribution in [0.1, 0.15) is 45.2 Å². The van der Waals surface area contributed by atoms with Crippen molar-refractivity contribution in [3.05, 3.63) is 51.5 Å². The van der Waals surface area contributed by atoms with Crippen LogP contribution in [0.25, 0.3) is 0 Å². The Kier molecular flexibility index (Phi) is 5.38. The zero-order valence-corrected chi connectivity index (χ0v) is 13.9. The Bertz CT molecular complexity index is 651. The van der Waals surface area contributed by atoms with Crippen LogP contribution in [-0.4, -0.2) is 23.8 Å². The Labute approximate surface area is 139 Å². The fourth-order valence-corrected chi connectivity index (χ4v) is 3.46. The third kappa shape index (κ3) is 4.37.